The Bertz CT molecular complexity index is 710. The molecule has 1 saturated heterocycles. The highest BCUT2D eigenvalue weighted by Gasteiger charge is 2.19. The maximum atomic E-state index is 12.7. The van der Waals surface area contributed by atoms with Crippen LogP contribution in [0.3, 0.4) is 0 Å². The van der Waals surface area contributed by atoms with Gasteiger partial charge in [-0.3, -0.25) is 9.69 Å². The lowest BCUT2D eigenvalue weighted by atomic mass is 10.1. The number of piperazine rings is 1. The molecule has 2 aromatic rings. The molecular weight excluding hydrogens is 419 g/mol. The van der Waals surface area contributed by atoms with Crippen LogP contribution < -0.4 is 10.6 Å². The van der Waals surface area contributed by atoms with Gasteiger partial charge >= 0.3 is 0 Å². The summed E-state index contributed by atoms with van der Waals surface area (Å²) in [4.78, 5) is 19.5. The number of carbonyl (C=O) groups excluding carboxylic acids is 1. The van der Waals surface area contributed by atoms with Crippen LogP contribution in [0.25, 0.3) is 0 Å². The van der Waals surface area contributed by atoms with Gasteiger partial charge in [0, 0.05) is 64.5 Å². The molecule has 1 amide bonds. The number of hydrogen-bond acceptors (Lipinski definition) is 4. The summed E-state index contributed by atoms with van der Waals surface area (Å²) in [5.74, 6) is 0.215. The first-order valence-electron chi connectivity index (χ1n) is 10.3. The normalized spacial score (nSPS) is 13.8. The second kappa shape index (κ2) is 14.3. The van der Waals surface area contributed by atoms with Crippen molar-refractivity contribution < 1.29 is 4.79 Å². The molecule has 0 unspecified atom stereocenters. The van der Waals surface area contributed by atoms with Gasteiger partial charge in [0.05, 0.1) is 0 Å². The van der Waals surface area contributed by atoms with E-state index in [9.17, 15) is 4.79 Å². The third-order valence-corrected chi connectivity index (χ3v) is 5.40. The van der Waals surface area contributed by atoms with E-state index in [0.717, 1.165) is 45.7 Å². The van der Waals surface area contributed by atoms with Gasteiger partial charge in [-0.25, -0.2) is 0 Å². The Hall–Kier alpha value is -1.79. The van der Waals surface area contributed by atoms with Crippen LogP contribution in [0.15, 0.2) is 60.7 Å². The van der Waals surface area contributed by atoms with Crippen molar-refractivity contribution in [1.29, 1.82) is 0 Å². The molecule has 0 atom stereocenters. The minimum absolute atomic E-state index is 0. The van der Waals surface area contributed by atoms with E-state index in [0.29, 0.717) is 19.5 Å². The van der Waals surface area contributed by atoms with Crippen LogP contribution in [-0.2, 0) is 11.2 Å². The topological polar surface area (TPSA) is 52.8 Å². The van der Waals surface area contributed by atoms with Gasteiger partial charge in [0.2, 0.25) is 5.91 Å². The van der Waals surface area contributed by atoms with Gasteiger partial charge in [-0.2, -0.15) is 0 Å². The molecule has 1 aliphatic rings. The first-order valence-corrected chi connectivity index (χ1v) is 10.3. The monoisotopic (exact) mass is 452 g/mol. The Morgan fingerprint density at radius 2 is 1.47 bits per heavy atom. The van der Waals surface area contributed by atoms with Gasteiger partial charge in [-0.1, -0.05) is 48.5 Å². The summed E-state index contributed by atoms with van der Waals surface area (Å²) < 4.78 is 0. The van der Waals surface area contributed by atoms with Crippen LogP contribution in [0.5, 0.6) is 0 Å². The fourth-order valence-electron chi connectivity index (χ4n) is 3.71. The Kier molecular flexibility index (Phi) is 12.5. The van der Waals surface area contributed by atoms with E-state index in [1.54, 1.807) is 0 Å². The zero-order valence-corrected chi connectivity index (χ0v) is 19.1. The Labute approximate surface area is 193 Å². The van der Waals surface area contributed by atoms with Crippen LogP contribution in [-0.4, -0.2) is 68.1 Å². The summed E-state index contributed by atoms with van der Waals surface area (Å²) in [6.07, 6.45) is 1.45. The number of anilines is 1. The van der Waals surface area contributed by atoms with E-state index in [1.165, 1.54) is 11.3 Å². The number of nitrogens with two attached hydrogens (primary N) is 1. The van der Waals surface area contributed by atoms with Gasteiger partial charge in [0.25, 0.3) is 0 Å². The molecule has 0 saturated carbocycles. The third-order valence-electron chi connectivity index (χ3n) is 5.40. The lowest BCUT2D eigenvalue weighted by Gasteiger charge is -2.36. The molecule has 0 radical (unpaired) electrons. The minimum Gasteiger partial charge on any atom is -0.369 e. The summed E-state index contributed by atoms with van der Waals surface area (Å²) in [6, 6.07) is 20.9. The van der Waals surface area contributed by atoms with E-state index < -0.39 is 0 Å². The van der Waals surface area contributed by atoms with E-state index in [4.69, 9.17) is 5.73 Å². The molecule has 5 nitrogen and oxygen atoms in total. The van der Waals surface area contributed by atoms with Crippen molar-refractivity contribution in [3.8, 4) is 0 Å². The molecule has 2 aromatic carbocycles. The van der Waals surface area contributed by atoms with Crippen molar-refractivity contribution in [1.82, 2.24) is 9.80 Å². The number of amides is 1. The second-order valence-corrected chi connectivity index (χ2v) is 7.32. The zero-order chi connectivity index (χ0) is 19.6. The van der Waals surface area contributed by atoms with Gasteiger partial charge in [-0.05, 0) is 24.1 Å². The zero-order valence-electron chi connectivity index (χ0n) is 17.5. The largest absolute Gasteiger partial charge is 0.369 e. The van der Waals surface area contributed by atoms with Crippen molar-refractivity contribution in [2.24, 2.45) is 5.73 Å². The summed E-state index contributed by atoms with van der Waals surface area (Å²) in [5.41, 5.74) is 8.28. The number of rotatable bonds is 9. The molecule has 0 aliphatic carbocycles. The number of carbonyl (C=O) groups is 1. The first kappa shape index (κ1) is 26.2. The Morgan fingerprint density at radius 1 is 0.867 bits per heavy atom. The standard InChI is InChI=1S/C23H32N4O.2ClH/c24-13-16-27(15-11-21-7-3-1-4-8-21)23(28)12-14-25-17-19-26(20-18-25)22-9-5-2-6-10-22;;/h1-10H,11-20,24H2;2*1H. The van der Waals surface area contributed by atoms with Crippen LogP contribution in [0.2, 0.25) is 0 Å². The molecule has 1 fully saturated rings. The van der Waals surface area contributed by atoms with E-state index in [2.05, 4.69) is 52.3 Å². The van der Waals surface area contributed by atoms with Crippen molar-refractivity contribution in [3.63, 3.8) is 0 Å². The molecule has 3 rings (SSSR count). The molecule has 166 valence electrons. The van der Waals surface area contributed by atoms with Gasteiger partial charge in [0.15, 0.2) is 0 Å². The van der Waals surface area contributed by atoms with Crippen molar-refractivity contribution in [3.05, 3.63) is 66.2 Å². The van der Waals surface area contributed by atoms with Gasteiger partial charge < -0.3 is 15.5 Å². The SMILES string of the molecule is Cl.Cl.NCCN(CCc1ccccc1)C(=O)CCN1CCN(c2ccccc2)CC1. The number of halogens is 2. The predicted molar refractivity (Wildman–Crippen MR) is 130 cm³/mol. The van der Waals surface area contributed by atoms with Crippen LogP contribution >= 0.6 is 24.8 Å². The number of nitrogens with zero attached hydrogens (tertiary/aromatic N) is 3. The average molecular weight is 453 g/mol. The molecule has 2 N–H and O–H groups in total. The van der Waals surface area contributed by atoms with Crippen molar-refractivity contribution in [2.75, 3.05) is 57.3 Å². The maximum Gasteiger partial charge on any atom is 0.223 e. The smallest absolute Gasteiger partial charge is 0.223 e. The van der Waals surface area contributed by atoms with Gasteiger partial charge in [-0.15, -0.1) is 24.8 Å². The van der Waals surface area contributed by atoms with Crippen molar-refractivity contribution >= 4 is 36.4 Å². The molecule has 30 heavy (non-hydrogen) atoms. The fourth-order valence-corrected chi connectivity index (χ4v) is 3.71. The lowest BCUT2D eigenvalue weighted by Crippen LogP contribution is -2.47. The summed E-state index contributed by atoms with van der Waals surface area (Å²) in [5, 5.41) is 0. The molecule has 7 heteroatoms. The number of benzene rings is 2. The van der Waals surface area contributed by atoms with E-state index in [-0.39, 0.29) is 30.7 Å². The van der Waals surface area contributed by atoms with Crippen LogP contribution in [0.1, 0.15) is 12.0 Å². The summed E-state index contributed by atoms with van der Waals surface area (Å²) in [7, 11) is 0. The summed E-state index contributed by atoms with van der Waals surface area (Å²) in [6.45, 7) is 6.74. The molecule has 0 aromatic heterocycles. The highest BCUT2D eigenvalue weighted by Crippen LogP contribution is 2.15. The second-order valence-electron chi connectivity index (χ2n) is 7.32. The van der Waals surface area contributed by atoms with E-state index in [1.807, 2.05) is 23.1 Å². The molecular formula is C23H34Cl2N4O. The third kappa shape index (κ3) is 8.15. The molecule has 1 heterocycles. The highest BCUT2D eigenvalue weighted by molar-refractivity contribution is 5.85. The van der Waals surface area contributed by atoms with Crippen LogP contribution in [0.4, 0.5) is 5.69 Å². The lowest BCUT2D eigenvalue weighted by molar-refractivity contribution is -0.131. The fraction of sp³-hybridized carbons (Fsp3) is 0.435. The minimum atomic E-state index is 0. The van der Waals surface area contributed by atoms with Crippen LogP contribution in [0, 0.1) is 0 Å². The maximum absolute atomic E-state index is 12.7. The Balaban J connectivity index is 0.00000225. The molecule has 1 aliphatic heterocycles. The summed E-state index contributed by atoms with van der Waals surface area (Å²) >= 11 is 0. The molecule has 0 spiro atoms. The predicted octanol–water partition coefficient (Wildman–Crippen LogP) is 3.07. The quantitative estimate of drug-likeness (QED) is 0.634. The Morgan fingerprint density at radius 3 is 2.07 bits per heavy atom. The van der Waals surface area contributed by atoms with E-state index >= 15 is 0 Å². The number of para-hydroxylation sites is 1. The molecule has 0 bridgehead atoms. The number of hydrogen-bond donors (Lipinski definition) is 1. The van der Waals surface area contributed by atoms with Gasteiger partial charge in [0.1, 0.15) is 0 Å². The highest BCUT2D eigenvalue weighted by atomic mass is 35.5. The average Bonchev–Trinajstić information content (AvgIpc) is 2.76. The first-order chi connectivity index (χ1) is 13.8. The van der Waals surface area contributed by atoms with Crippen molar-refractivity contribution in [2.45, 2.75) is 12.8 Å².